The van der Waals surface area contributed by atoms with Gasteiger partial charge in [0.1, 0.15) is 0 Å². The maximum Gasteiger partial charge on any atom is 0.332 e. The van der Waals surface area contributed by atoms with E-state index < -0.39 is 12.1 Å². The molecule has 0 heterocycles. The van der Waals surface area contributed by atoms with Crippen molar-refractivity contribution in [2.24, 2.45) is 0 Å². The number of rotatable bonds is 9. The summed E-state index contributed by atoms with van der Waals surface area (Å²) < 4.78 is 0. The van der Waals surface area contributed by atoms with E-state index in [-0.39, 0.29) is 25.0 Å². The molecular weight excluding hydrogens is 250 g/mol. The predicted octanol–water partition coefficient (Wildman–Crippen LogP) is -0.148. The second-order valence-electron chi connectivity index (χ2n) is 4.43. The molecule has 0 aliphatic carbocycles. The van der Waals surface area contributed by atoms with Gasteiger partial charge in [0.05, 0.1) is 0 Å². The van der Waals surface area contributed by atoms with Gasteiger partial charge in [-0.1, -0.05) is 13.8 Å². The van der Waals surface area contributed by atoms with Crippen LogP contribution in [-0.2, 0) is 4.79 Å². The number of hydrogen-bond acceptors (Lipinski definition) is 4. The summed E-state index contributed by atoms with van der Waals surface area (Å²) in [5.74, 6) is -1.28. The van der Waals surface area contributed by atoms with E-state index in [0.717, 1.165) is 19.6 Å². The van der Waals surface area contributed by atoms with Crippen molar-refractivity contribution < 1.29 is 19.8 Å². The molecule has 0 spiro atoms. The van der Waals surface area contributed by atoms with Gasteiger partial charge in [0, 0.05) is 25.6 Å². The van der Waals surface area contributed by atoms with Crippen molar-refractivity contribution in [2.75, 3.05) is 26.2 Å². The Morgan fingerprint density at radius 1 is 1.26 bits per heavy atom. The fourth-order valence-electron chi connectivity index (χ4n) is 1.64. The monoisotopic (exact) mass is 275 g/mol. The van der Waals surface area contributed by atoms with Crippen LogP contribution in [0.2, 0.25) is 0 Å². The Balaban J connectivity index is 3.82. The molecule has 0 rings (SSSR count). The van der Waals surface area contributed by atoms with Crippen LogP contribution in [0.25, 0.3) is 0 Å². The van der Waals surface area contributed by atoms with Gasteiger partial charge in [-0.2, -0.15) is 0 Å². The lowest BCUT2D eigenvalue weighted by Crippen LogP contribution is -2.46. The molecular formula is C12H25N3O4. The number of urea groups is 1. The van der Waals surface area contributed by atoms with Gasteiger partial charge in [-0.3, -0.25) is 0 Å². The average Bonchev–Trinajstić information content (AvgIpc) is 2.35. The molecule has 2 unspecified atom stereocenters. The van der Waals surface area contributed by atoms with Gasteiger partial charge in [-0.15, -0.1) is 0 Å². The Morgan fingerprint density at radius 3 is 2.32 bits per heavy atom. The number of carbonyl (C=O) groups excluding carboxylic acids is 1. The van der Waals surface area contributed by atoms with Crippen molar-refractivity contribution >= 4 is 12.0 Å². The fraction of sp³-hybridized carbons (Fsp3) is 0.833. The standard InChI is InChI=1S/C12H25N3O4/c1-4-15(5-2)8-9(3)14-12(19)13-7-6-10(16)11(17)18/h9-10,16H,4-8H2,1-3H3,(H,17,18)(H2,13,14,19). The third-order valence-electron chi connectivity index (χ3n) is 2.79. The van der Waals surface area contributed by atoms with Gasteiger partial charge >= 0.3 is 12.0 Å². The van der Waals surface area contributed by atoms with Crippen LogP contribution in [0.15, 0.2) is 0 Å². The van der Waals surface area contributed by atoms with Gasteiger partial charge in [0.25, 0.3) is 0 Å². The van der Waals surface area contributed by atoms with Gasteiger partial charge in [0.2, 0.25) is 0 Å². The Morgan fingerprint density at radius 2 is 1.84 bits per heavy atom. The molecule has 0 aromatic rings. The lowest BCUT2D eigenvalue weighted by molar-refractivity contribution is -0.146. The van der Waals surface area contributed by atoms with Crippen molar-refractivity contribution in [1.82, 2.24) is 15.5 Å². The number of hydrogen-bond donors (Lipinski definition) is 4. The number of aliphatic hydroxyl groups excluding tert-OH is 1. The van der Waals surface area contributed by atoms with E-state index in [4.69, 9.17) is 10.2 Å². The minimum absolute atomic E-state index is 0.00398. The molecule has 0 fully saturated rings. The molecule has 0 saturated heterocycles. The van der Waals surface area contributed by atoms with E-state index in [1.807, 2.05) is 6.92 Å². The van der Waals surface area contributed by atoms with Gasteiger partial charge < -0.3 is 25.7 Å². The Labute approximate surface area is 114 Å². The first-order valence-corrected chi connectivity index (χ1v) is 6.58. The first-order chi connectivity index (χ1) is 8.90. The minimum Gasteiger partial charge on any atom is -0.479 e. The molecule has 2 amide bonds. The van der Waals surface area contributed by atoms with Crippen LogP contribution in [0.3, 0.4) is 0 Å². The number of carbonyl (C=O) groups is 2. The number of carboxylic acid groups (broad SMARTS) is 1. The zero-order valence-corrected chi connectivity index (χ0v) is 11.8. The maximum absolute atomic E-state index is 11.5. The maximum atomic E-state index is 11.5. The molecule has 7 heteroatoms. The molecule has 0 aliphatic heterocycles. The number of likely N-dealkylation sites (N-methyl/N-ethyl adjacent to an activating group) is 1. The summed E-state index contributed by atoms with van der Waals surface area (Å²) >= 11 is 0. The van der Waals surface area contributed by atoms with Gasteiger partial charge in [-0.05, 0) is 20.0 Å². The molecule has 0 bridgehead atoms. The third-order valence-corrected chi connectivity index (χ3v) is 2.79. The first kappa shape index (κ1) is 17.7. The smallest absolute Gasteiger partial charge is 0.332 e. The second-order valence-corrected chi connectivity index (χ2v) is 4.43. The van der Waals surface area contributed by atoms with E-state index >= 15 is 0 Å². The quantitative estimate of drug-likeness (QED) is 0.469. The number of nitrogens with one attached hydrogen (secondary N) is 2. The summed E-state index contributed by atoms with van der Waals surface area (Å²) in [6, 6.07) is -0.346. The number of carboxylic acids is 1. The summed E-state index contributed by atoms with van der Waals surface area (Å²) in [7, 11) is 0. The summed E-state index contributed by atoms with van der Waals surface area (Å²) in [6.07, 6.45) is -1.44. The van der Waals surface area contributed by atoms with E-state index in [1.165, 1.54) is 0 Å². The third kappa shape index (κ3) is 8.39. The van der Waals surface area contributed by atoms with Crippen LogP contribution in [0.1, 0.15) is 27.2 Å². The zero-order valence-electron chi connectivity index (χ0n) is 11.8. The minimum atomic E-state index is -1.44. The molecule has 0 aliphatic rings. The van der Waals surface area contributed by atoms with Crippen LogP contribution in [0.4, 0.5) is 4.79 Å². The second kappa shape index (κ2) is 9.57. The SMILES string of the molecule is CCN(CC)CC(C)NC(=O)NCCC(O)C(=O)O. The van der Waals surface area contributed by atoms with Gasteiger partial charge in [-0.25, -0.2) is 9.59 Å². The van der Waals surface area contributed by atoms with Crippen molar-refractivity contribution in [3.8, 4) is 0 Å². The van der Waals surface area contributed by atoms with Crippen LogP contribution < -0.4 is 10.6 Å². The Bertz CT molecular complexity index is 282. The molecule has 112 valence electrons. The molecule has 0 radical (unpaired) electrons. The molecule has 0 aromatic carbocycles. The highest BCUT2D eigenvalue weighted by Gasteiger charge is 2.14. The molecule has 0 saturated carbocycles. The molecule has 7 nitrogen and oxygen atoms in total. The summed E-state index contributed by atoms with van der Waals surface area (Å²) in [6.45, 7) is 8.76. The van der Waals surface area contributed by atoms with Crippen LogP contribution in [0.5, 0.6) is 0 Å². The van der Waals surface area contributed by atoms with Crippen molar-refractivity contribution in [2.45, 2.75) is 39.3 Å². The molecule has 2 atom stereocenters. The Hall–Kier alpha value is -1.34. The highest BCUT2D eigenvalue weighted by Crippen LogP contribution is 1.92. The summed E-state index contributed by atoms with van der Waals surface area (Å²) in [4.78, 5) is 24.0. The van der Waals surface area contributed by atoms with Crippen molar-refractivity contribution in [1.29, 1.82) is 0 Å². The lowest BCUT2D eigenvalue weighted by Gasteiger charge is -2.23. The van der Waals surface area contributed by atoms with Crippen molar-refractivity contribution in [3.05, 3.63) is 0 Å². The first-order valence-electron chi connectivity index (χ1n) is 6.58. The lowest BCUT2D eigenvalue weighted by atomic mass is 10.2. The van der Waals surface area contributed by atoms with Crippen LogP contribution >= 0.6 is 0 Å². The average molecular weight is 275 g/mol. The van der Waals surface area contributed by atoms with E-state index in [0.29, 0.717) is 0 Å². The topological polar surface area (TPSA) is 102 Å². The number of aliphatic hydroxyl groups is 1. The highest BCUT2D eigenvalue weighted by atomic mass is 16.4. The largest absolute Gasteiger partial charge is 0.479 e. The van der Waals surface area contributed by atoms with E-state index in [1.54, 1.807) is 0 Å². The Kier molecular flexibility index (Phi) is 8.90. The van der Waals surface area contributed by atoms with Gasteiger partial charge in [0.15, 0.2) is 6.10 Å². The zero-order chi connectivity index (χ0) is 14.8. The molecule has 4 N–H and O–H groups in total. The van der Waals surface area contributed by atoms with Crippen LogP contribution in [0, 0.1) is 0 Å². The normalized spacial score (nSPS) is 13.9. The molecule has 0 aromatic heterocycles. The van der Waals surface area contributed by atoms with Crippen molar-refractivity contribution in [3.63, 3.8) is 0 Å². The van der Waals surface area contributed by atoms with E-state index in [2.05, 4.69) is 29.4 Å². The summed E-state index contributed by atoms with van der Waals surface area (Å²) in [5, 5.41) is 22.8. The summed E-state index contributed by atoms with van der Waals surface area (Å²) in [5.41, 5.74) is 0. The predicted molar refractivity (Wildman–Crippen MR) is 72.0 cm³/mol. The van der Waals surface area contributed by atoms with E-state index in [9.17, 15) is 9.59 Å². The number of nitrogens with zero attached hydrogens (tertiary/aromatic N) is 1. The number of aliphatic carboxylic acids is 1. The fourth-order valence-corrected chi connectivity index (χ4v) is 1.64. The number of amides is 2. The highest BCUT2D eigenvalue weighted by molar-refractivity contribution is 5.74. The molecule has 19 heavy (non-hydrogen) atoms. The van der Waals surface area contributed by atoms with Crippen LogP contribution in [-0.4, -0.2) is 65.4 Å².